The van der Waals surface area contributed by atoms with Crippen LogP contribution < -0.4 is 10.2 Å². The van der Waals surface area contributed by atoms with Gasteiger partial charge in [-0.25, -0.2) is 0 Å². The maximum absolute atomic E-state index is 13.3. The Hall–Kier alpha value is -3.58. The maximum atomic E-state index is 13.3. The quantitative estimate of drug-likeness (QED) is 0.367. The summed E-state index contributed by atoms with van der Waals surface area (Å²) in [5.74, 6) is -0.568. The number of aryl methyl sites for hydroxylation is 1. The van der Waals surface area contributed by atoms with E-state index in [1.54, 1.807) is 18.5 Å². The summed E-state index contributed by atoms with van der Waals surface area (Å²) in [6.07, 6.45) is 5.12. The Morgan fingerprint density at radius 1 is 1.06 bits per heavy atom. The Labute approximate surface area is 192 Å². The zero-order valence-corrected chi connectivity index (χ0v) is 19.2. The van der Waals surface area contributed by atoms with E-state index in [4.69, 9.17) is 12.2 Å². The first-order chi connectivity index (χ1) is 15.3. The van der Waals surface area contributed by atoms with Gasteiger partial charge >= 0.3 is 0 Å². The molecule has 1 aliphatic heterocycles. The van der Waals surface area contributed by atoms with Gasteiger partial charge in [0.1, 0.15) is 5.57 Å². The number of thiocarbonyl (C=S) groups is 1. The van der Waals surface area contributed by atoms with Crippen molar-refractivity contribution in [2.24, 2.45) is 0 Å². The Morgan fingerprint density at radius 3 is 2.41 bits per heavy atom. The van der Waals surface area contributed by atoms with E-state index in [2.05, 4.69) is 24.1 Å². The number of rotatable bonds is 4. The number of hydrogen-bond donors (Lipinski definition) is 1. The lowest BCUT2D eigenvalue weighted by Gasteiger charge is -2.29. The van der Waals surface area contributed by atoms with E-state index in [0.717, 1.165) is 28.2 Å². The molecule has 162 valence electrons. The third kappa shape index (κ3) is 3.87. The topological polar surface area (TPSA) is 67.2 Å². The minimum atomic E-state index is -0.499. The molecule has 2 aromatic heterocycles. The van der Waals surface area contributed by atoms with Crippen molar-refractivity contribution >= 4 is 40.9 Å². The second-order valence-electron chi connectivity index (χ2n) is 8.08. The van der Waals surface area contributed by atoms with Crippen molar-refractivity contribution in [3.05, 3.63) is 82.9 Å². The zero-order chi connectivity index (χ0) is 23.0. The molecule has 4 rings (SSSR count). The minimum absolute atomic E-state index is 0.0398. The van der Waals surface area contributed by atoms with Crippen molar-refractivity contribution in [2.75, 3.05) is 4.90 Å². The van der Waals surface area contributed by atoms with Gasteiger partial charge in [-0.05, 0) is 79.5 Å². The number of amides is 2. The zero-order valence-electron chi connectivity index (χ0n) is 18.4. The fourth-order valence-corrected chi connectivity index (χ4v) is 4.15. The summed E-state index contributed by atoms with van der Waals surface area (Å²) in [5.41, 5.74) is 5.40. The molecule has 7 heteroatoms. The molecule has 0 aliphatic carbocycles. The van der Waals surface area contributed by atoms with Gasteiger partial charge in [0, 0.05) is 17.6 Å². The molecule has 2 amide bonds. The Morgan fingerprint density at radius 2 is 1.78 bits per heavy atom. The van der Waals surface area contributed by atoms with Gasteiger partial charge in [0.15, 0.2) is 5.11 Å². The molecule has 1 aliphatic rings. The van der Waals surface area contributed by atoms with Gasteiger partial charge in [-0.15, -0.1) is 0 Å². The van der Waals surface area contributed by atoms with Crippen LogP contribution in [0.3, 0.4) is 0 Å². The molecule has 1 saturated heterocycles. The summed E-state index contributed by atoms with van der Waals surface area (Å²) in [5, 5.41) is 2.73. The fraction of sp³-hybridized carbons (Fsp3) is 0.200. The van der Waals surface area contributed by atoms with Crippen molar-refractivity contribution in [1.29, 1.82) is 0 Å². The predicted octanol–water partition coefficient (Wildman–Crippen LogP) is 4.44. The van der Waals surface area contributed by atoms with Gasteiger partial charge < -0.3 is 4.57 Å². The van der Waals surface area contributed by atoms with E-state index < -0.39 is 11.8 Å². The minimum Gasteiger partial charge on any atom is -0.316 e. The van der Waals surface area contributed by atoms with Crippen LogP contribution in [0.25, 0.3) is 11.8 Å². The van der Waals surface area contributed by atoms with Crippen molar-refractivity contribution in [2.45, 2.75) is 33.6 Å². The van der Waals surface area contributed by atoms with Crippen LogP contribution in [0.15, 0.2) is 60.4 Å². The molecule has 1 N–H and O–H groups in total. The molecule has 0 bridgehead atoms. The van der Waals surface area contributed by atoms with Crippen LogP contribution in [0.4, 0.5) is 5.69 Å². The molecule has 1 fully saturated rings. The van der Waals surface area contributed by atoms with Crippen molar-refractivity contribution in [3.8, 4) is 5.69 Å². The SMILES string of the molecule is Cc1cc(/C=C2\C(=O)NC(=S)N(c3ccc(C(C)C)cc3)C2=O)c(C)n1-c1cccnc1. The highest BCUT2D eigenvalue weighted by Gasteiger charge is 2.34. The van der Waals surface area contributed by atoms with E-state index in [0.29, 0.717) is 11.6 Å². The molecular weight excluding hydrogens is 420 g/mol. The molecule has 6 nitrogen and oxygen atoms in total. The molecule has 0 atom stereocenters. The highest BCUT2D eigenvalue weighted by atomic mass is 32.1. The molecule has 1 aromatic carbocycles. The van der Waals surface area contributed by atoms with Crippen LogP contribution >= 0.6 is 12.2 Å². The Bertz CT molecular complexity index is 1240. The van der Waals surface area contributed by atoms with Gasteiger partial charge in [-0.3, -0.25) is 24.8 Å². The van der Waals surface area contributed by atoms with Crippen LogP contribution in [-0.4, -0.2) is 26.5 Å². The second-order valence-corrected chi connectivity index (χ2v) is 8.46. The molecule has 0 saturated carbocycles. The lowest BCUT2D eigenvalue weighted by Crippen LogP contribution is -2.54. The number of aromatic nitrogens is 2. The van der Waals surface area contributed by atoms with Gasteiger partial charge in [0.2, 0.25) is 0 Å². The molecule has 3 heterocycles. The number of hydrogen-bond acceptors (Lipinski definition) is 4. The van der Waals surface area contributed by atoms with Gasteiger partial charge in [-0.2, -0.15) is 0 Å². The summed E-state index contributed by atoms with van der Waals surface area (Å²) < 4.78 is 2.04. The monoisotopic (exact) mass is 444 g/mol. The smallest absolute Gasteiger partial charge is 0.270 e. The van der Waals surface area contributed by atoms with Gasteiger partial charge in [-0.1, -0.05) is 26.0 Å². The number of carbonyl (C=O) groups is 2. The van der Waals surface area contributed by atoms with Gasteiger partial charge in [0.05, 0.1) is 17.6 Å². The van der Waals surface area contributed by atoms with E-state index in [-0.39, 0.29) is 10.7 Å². The first-order valence-corrected chi connectivity index (χ1v) is 10.8. The van der Waals surface area contributed by atoms with E-state index in [1.807, 2.05) is 60.9 Å². The highest BCUT2D eigenvalue weighted by molar-refractivity contribution is 7.80. The van der Waals surface area contributed by atoms with Crippen LogP contribution in [0.2, 0.25) is 0 Å². The fourth-order valence-electron chi connectivity index (χ4n) is 3.87. The van der Waals surface area contributed by atoms with Crippen molar-refractivity contribution in [1.82, 2.24) is 14.9 Å². The Balaban J connectivity index is 1.73. The summed E-state index contributed by atoms with van der Waals surface area (Å²) in [6.45, 7) is 8.14. The number of anilines is 1. The first kappa shape index (κ1) is 21.6. The molecule has 32 heavy (non-hydrogen) atoms. The summed E-state index contributed by atoms with van der Waals surface area (Å²) in [7, 11) is 0. The van der Waals surface area contributed by atoms with E-state index >= 15 is 0 Å². The third-order valence-electron chi connectivity index (χ3n) is 5.59. The molecule has 3 aromatic rings. The van der Waals surface area contributed by atoms with Crippen molar-refractivity contribution < 1.29 is 9.59 Å². The largest absolute Gasteiger partial charge is 0.316 e. The standard InChI is InChI=1S/C25H24N4O2S/c1-15(2)18-7-9-20(10-8-18)29-24(31)22(23(30)27-25(29)32)13-19-12-16(3)28(17(19)4)21-6-5-11-26-14-21/h5-15H,1-4H3,(H,27,30,32)/b22-13+. The lowest BCUT2D eigenvalue weighted by atomic mass is 10.0. The van der Waals surface area contributed by atoms with E-state index in [9.17, 15) is 9.59 Å². The average Bonchev–Trinajstić information content (AvgIpc) is 3.04. The normalized spacial score (nSPS) is 15.6. The molecule has 0 spiro atoms. The van der Waals surface area contributed by atoms with Crippen LogP contribution in [0.1, 0.15) is 42.3 Å². The molecular formula is C25H24N4O2S. The average molecular weight is 445 g/mol. The number of nitrogens with one attached hydrogen (secondary N) is 1. The van der Waals surface area contributed by atoms with Crippen LogP contribution in [-0.2, 0) is 9.59 Å². The number of carbonyl (C=O) groups excluding carboxylic acids is 2. The number of nitrogens with zero attached hydrogens (tertiary/aromatic N) is 3. The van der Waals surface area contributed by atoms with Gasteiger partial charge in [0.25, 0.3) is 11.8 Å². The first-order valence-electron chi connectivity index (χ1n) is 10.4. The molecule has 0 unspecified atom stereocenters. The lowest BCUT2D eigenvalue weighted by molar-refractivity contribution is -0.122. The summed E-state index contributed by atoms with van der Waals surface area (Å²) >= 11 is 5.31. The Kier molecular flexibility index (Phi) is 5.76. The number of benzene rings is 1. The van der Waals surface area contributed by atoms with Crippen LogP contribution in [0.5, 0.6) is 0 Å². The van der Waals surface area contributed by atoms with Crippen molar-refractivity contribution in [3.63, 3.8) is 0 Å². The summed E-state index contributed by atoms with van der Waals surface area (Å²) in [6, 6.07) is 13.4. The molecule has 0 radical (unpaired) electrons. The highest BCUT2D eigenvalue weighted by Crippen LogP contribution is 2.27. The summed E-state index contributed by atoms with van der Waals surface area (Å²) in [4.78, 5) is 31.6. The third-order valence-corrected chi connectivity index (χ3v) is 5.88. The van der Waals surface area contributed by atoms with Crippen LogP contribution in [0, 0.1) is 13.8 Å². The number of pyridine rings is 1. The van der Waals surface area contributed by atoms with E-state index in [1.165, 1.54) is 4.90 Å². The predicted molar refractivity (Wildman–Crippen MR) is 130 cm³/mol. The maximum Gasteiger partial charge on any atom is 0.270 e. The second kappa shape index (κ2) is 8.51.